The van der Waals surface area contributed by atoms with Crippen LogP contribution >= 0.6 is 11.3 Å². The van der Waals surface area contributed by atoms with Crippen molar-refractivity contribution < 1.29 is 43.8 Å². The lowest BCUT2D eigenvalue weighted by molar-refractivity contribution is -0.213. The van der Waals surface area contributed by atoms with E-state index >= 15 is 0 Å². The van der Waals surface area contributed by atoms with Crippen LogP contribution in [-0.4, -0.2) is 99.2 Å². The van der Waals surface area contributed by atoms with Gasteiger partial charge in [0.05, 0.1) is 24.6 Å². The Morgan fingerprint density at radius 3 is 2.39 bits per heavy atom. The summed E-state index contributed by atoms with van der Waals surface area (Å²) < 4.78 is 5.81. The normalized spacial score (nSPS) is 17.6. The van der Waals surface area contributed by atoms with E-state index in [-0.39, 0.29) is 54.7 Å². The molecule has 7 atom stereocenters. The molecule has 1 aliphatic heterocycles. The molecule has 3 amide bonds. The van der Waals surface area contributed by atoms with E-state index in [0.717, 1.165) is 36.3 Å². The van der Waals surface area contributed by atoms with Gasteiger partial charge in [-0.3, -0.25) is 33.7 Å². The number of nitrogens with one attached hydrogen (secondary N) is 2. The molecule has 2 heterocycles. The molecule has 1 aliphatic rings. The number of piperidine rings is 1. The molecule has 0 unspecified atom stereocenters. The number of thiazole rings is 1. The van der Waals surface area contributed by atoms with Crippen molar-refractivity contribution in [2.24, 2.45) is 17.8 Å². The van der Waals surface area contributed by atoms with E-state index in [0.29, 0.717) is 37.1 Å². The van der Waals surface area contributed by atoms with Crippen LogP contribution in [0.2, 0.25) is 0 Å². The van der Waals surface area contributed by atoms with E-state index in [2.05, 4.69) is 21.5 Å². The number of likely N-dealkylation sites (N-methyl/N-ethyl adjacent to an activating group) is 1. The molecule has 15 heteroatoms. The number of amides is 3. The summed E-state index contributed by atoms with van der Waals surface area (Å²) in [7, 11) is 1.91. The zero-order valence-electron chi connectivity index (χ0n) is 34.4. The molecule has 0 spiro atoms. The Kier molecular flexibility index (Phi) is 18.9. The Balaban J connectivity index is 1.93. The largest absolute Gasteiger partial charge is 0.508 e. The minimum atomic E-state index is -0.998. The first-order valence-electron chi connectivity index (χ1n) is 19.9. The highest BCUT2D eigenvalue weighted by Gasteiger charge is 2.40. The highest BCUT2D eigenvalue weighted by Crippen LogP contribution is 2.32. The molecular formula is C42H61N5O9S. The van der Waals surface area contributed by atoms with Gasteiger partial charge in [-0.1, -0.05) is 59.6 Å². The van der Waals surface area contributed by atoms with Gasteiger partial charge in [-0.25, -0.2) is 10.0 Å². The van der Waals surface area contributed by atoms with Gasteiger partial charge in [0, 0.05) is 31.2 Å². The quantitative estimate of drug-likeness (QED) is 0.0509. The summed E-state index contributed by atoms with van der Waals surface area (Å²) >= 11 is 1.12. The van der Waals surface area contributed by atoms with Crippen LogP contribution in [0, 0.1) is 30.1 Å². The Morgan fingerprint density at radius 2 is 1.79 bits per heavy atom. The zero-order valence-corrected chi connectivity index (χ0v) is 35.2. The molecule has 1 aromatic carbocycles. The Labute approximate surface area is 341 Å². The molecule has 57 heavy (non-hydrogen) atoms. The number of phenolic OH excluding ortho intramolecular Hbond substituents is 1. The second-order valence-corrected chi connectivity index (χ2v) is 16.3. The van der Waals surface area contributed by atoms with Crippen molar-refractivity contribution in [1.82, 2.24) is 25.6 Å². The third kappa shape index (κ3) is 14.4. The maximum atomic E-state index is 14.7. The van der Waals surface area contributed by atoms with E-state index < -0.39 is 53.9 Å². The zero-order chi connectivity index (χ0) is 42.2. The molecule has 1 fully saturated rings. The van der Waals surface area contributed by atoms with Gasteiger partial charge in [0.15, 0.2) is 6.10 Å². The van der Waals surface area contributed by atoms with Crippen LogP contribution in [-0.2, 0) is 35.2 Å². The highest BCUT2D eigenvalue weighted by atomic mass is 32.1. The van der Waals surface area contributed by atoms with Gasteiger partial charge in [0.25, 0.3) is 11.8 Å². The number of hydrogen-bond acceptors (Lipinski definition) is 11. The topological polar surface area (TPSA) is 188 Å². The molecule has 2 aromatic rings. The van der Waals surface area contributed by atoms with Gasteiger partial charge in [-0.2, -0.15) is 0 Å². The first-order valence-corrected chi connectivity index (χ1v) is 20.8. The average Bonchev–Trinajstić information content (AvgIpc) is 3.67. The third-order valence-corrected chi connectivity index (χ3v) is 11.4. The lowest BCUT2D eigenvalue weighted by atomic mass is 9.93. The molecule has 3 rings (SSSR count). The number of terminal acetylenes is 1. The van der Waals surface area contributed by atoms with Crippen LogP contribution in [0.3, 0.4) is 0 Å². The van der Waals surface area contributed by atoms with Gasteiger partial charge < -0.3 is 25.6 Å². The van der Waals surface area contributed by atoms with Crippen LogP contribution in [0.25, 0.3) is 0 Å². The van der Waals surface area contributed by atoms with E-state index in [1.807, 2.05) is 39.6 Å². The molecule has 0 aliphatic carbocycles. The van der Waals surface area contributed by atoms with Crippen LogP contribution < -0.4 is 10.6 Å². The molecule has 0 bridgehead atoms. The van der Waals surface area contributed by atoms with Crippen LogP contribution in [0.5, 0.6) is 5.75 Å². The predicted octanol–water partition coefficient (Wildman–Crippen LogP) is 5.51. The van der Waals surface area contributed by atoms with Crippen molar-refractivity contribution in [3.8, 4) is 18.1 Å². The summed E-state index contributed by atoms with van der Waals surface area (Å²) in [4.78, 5) is 79.0. The second kappa shape index (κ2) is 23.0. The summed E-state index contributed by atoms with van der Waals surface area (Å²) in [6, 6.07) is 3.97. The number of nitrogens with zero attached hydrogens (tertiary/aromatic N) is 3. The standard InChI is InChI=1S/C42H61N5O9S/c1-9-11-14-21-55-47(41(52)37(27(5)10-2)45-39(51)34-15-12-13-20-46(34)8)35(26(3)4)24-36(56-29(7)48)40-44-33(25-57-40)38(50)43-31(22-28(6)42(53)54)23-30-16-18-32(49)19-17-30/h1,16-19,25-28,31,34-37,49H,10-15,20-24H2,2-8H3,(H,43,50)(H,45,51)(H,53,54)/t27-,28-,31+,34+,35+,36+,37-/m0/s1. The van der Waals surface area contributed by atoms with Crippen LogP contribution in [0.1, 0.15) is 120 Å². The number of esters is 1. The summed E-state index contributed by atoms with van der Waals surface area (Å²) in [5, 5.41) is 28.5. The Bertz CT molecular complexity index is 1680. The van der Waals surface area contributed by atoms with Crippen molar-refractivity contribution in [1.29, 1.82) is 0 Å². The predicted molar refractivity (Wildman–Crippen MR) is 217 cm³/mol. The lowest BCUT2D eigenvalue weighted by Gasteiger charge is -2.39. The minimum Gasteiger partial charge on any atom is -0.508 e. The second-order valence-electron chi connectivity index (χ2n) is 15.4. The van der Waals surface area contributed by atoms with Crippen molar-refractivity contribution in [3.05, 3.63) is 45.9 Å². The number of carbonyl (C=O) groups is 5. The molecule has 0 radical (unpaired) electrons. The number of aliphatic carboxylic acids is 1. The minimum absolute atomic E-state index is 0.0534. The number of carboxylic acid groups (broad SMARTS) is 1. The van der Waals surface area contributed by atoms with E-state index in [1.165, 1.54) is 24.1 Å². The number of carboxylic acids is 1. The maximum Gasteiger partial charge on any atom is 0.306 e. The number of phenols is 1. The van der Waals surface area contributed by atoms with Gasteiger partial charge >= 0.3 is 11.9 Å². The average molecular weight is 812 g/mol. The first-order chi connectivity index (χ1) is 27.1. The van der Waals surface area contributed by atoms with Crippen molar-refractivity contribution in [3.63, 3.8) is 0 Å². The van der Waals surface area contributed by atoms with Crippen molar-refractivity contribution in [2.75, 3.05) is 20.2 Å². The Hall–Kier alpha value is -4.52. The summed E-state index contributed by atoms with van der Waals surface area (Å²) in [6.45, 7) is 11.5. The summed E-state index contributed by atoms with van der Waals surface area (Å²) in [6.07, 6.45) is 9.20. The molecule has 1 saturated heterocycles. The molecular weight excluding hydrogens is 751 g/mol. The van der Waals surface area contributed by atoms with Crippen molar-refractivity contribution >= 4 is 41.0 Å². The van der Waals surface area contributed by atoms with E-state index in [4.69, 9.17) is 16.0 Å². The number of hydrogen-bond donors (Lipinski definition) is 4. The van der Waals surface area contributed by atoms with E-state index in [1.54, 1.807) is 24.4 Å². The van der Waals surface area contributed by atoms with E-state index in [9.17, 15) is 34.2 Å². The van der Waals surface area contributed by atoms with Crippen LogP contribution in [0.4, 0.5) is 0 Å². The number of unbranched alkanes of at least 4 members (excludes halogenated alkanes) is 1. The van der Waals surface area contributed by atoms with Gasteiger partial charge in [-0.05, 0) is 75.2 Å². The number of benzene rings is 1. The Morgan fingerprint density at radius 1 is 1.09 bits per heavy atom. The molecule has 4 N–H and O–H groups in total. The monoisotopic (exact) mass is 811 g/mol. The SMILES string of the molecule is C#CCCCON(C(=O)[C@@H](NC(=O)[C@H]1CCCCN1C)[C@@H](C)CC)[C@H](C[C@@H](OC(C)=O)c1nc(C(=O)N[C@@H](Cc2ccc(O)cc2)C[C@H](C)C(=O)O)cs1)C(C)C. The lowest BCUT2D eigenvalue weighted by Crippen LogP contribution is -2.58. The molecule has 14 nitrogen and oxygen atoms in total. The number of aromatic nitrogens is 1. The fraction of sp³-hybridized carbons (Fsp3) is 0.619. The number of aromatic hydroxyl groups is 1. The smallest absolute Gasteiger partial charge is 0.306 e. The first kappa shape index (κ1) is 46.9. The van der Waals surface area contributed by atoms with Crippen LogP contribution in [0.15, 0.2) is 29.6 Å². The fourth-order valence-electron chi connectivity index (χ4n) is 6.83. The van der Waals surface area contributed by atoms with Gasteiger partial charge in [0.1, 0.15) is 22.5 Å². The maximum absolute atomic E-state index is 14.7. The molecule has 0 saturated carbocycles. The number of hydroxylamine groups is 2. The number of carbonyl (C=O) groups excluding carboxylic acids is 4. The third-order valence-electron chi connectivity index (χ3n) is 10.4. The van der Waals surface area contributed by atoms with Gasteiger partial charge in [0.2, 0.25) is 5.91 Å². The number of rotatable bonds is 22. The number of likely N-dealkylation sites (tertiary alicyclic amines) is 1. The molecule has 1 aromatic heterocycles. The summed E-state index contributed by atoms with van der Waals surface area (Å²) in [5.41, 5.74) is 0.846. The molecule has 314 valence electrons. The summed E-state index contributed by atoms with van der Waals surface area (Å²) in [5.74, 6) is -1.29. The highest BCUT2D eigenvalue weighted by molar-refractivity contribution is 7.09. The van der Waals surface area contributed by atoms with Crippen molar-refractivity contribution in [2.45, 2.75) is 130 Å². The fourth-order valence-corrected chi connectivity index (χ4v) is 7.67. The van der Waals surface area contributed by atoms with Gasteiger partial charge in [-0.15, -0.1) is 23.7 Å². The number of ether oxygens (including phenoxy) is 1.